The maximum Gasteiger partial charge on any atom is 0.253 e. The number of hydrogen-bond acceptors (Lipinski definition) is 3. The number of aromatic nitrogens is 3. The van der Waals surface area contributed by atoms with Crippen LogP contribution in [0.5, 0.6) is 0 Å². The lowest BCUT2D eigenvalue weighted by molar-refractivity contribution is 0.0950. The summed E-state index contributed by atoms with van der Waals surface area (Å²) in [4.78, 5) is 15.7. The van der Waals surface area contributed by atoms with Gasteiger partial charge in [-0.3, -0.25) is 9.48 Å². The van der Waals surface area contributed by atoms with Crippen molar-refractivity contribution in [1.29, 1.82) is 0 Å². The summed E-state index contributed by atoms with van der Waals surface area (Å²) in [6, 6.07) is 3.25. The zero-order chi connectivity index (χ0) is 13.1. The van der Waals surface area contributed by atoms with Crippen molar-refractivity contribution in [2.45, 2.75) is 6.54 Å². The lowest BCUT2D eigenvalue weighted by atomic mass is 10.2. The van der Waals surface area contributed by atoms with Gasteiger partial charge in [0, 0.05) is 19.4 Å². The smallest absolute Gasteiger partial charge is 0.253 e. The van der Waals surface area contributed by atoms with Crippen molar-refractivity contribution < 1.29 is 4.79 Å². The molecular formula is C11H10Cl2N4O. The Morgan fingerprint density at radius 2 is 2.28 bits per heavy atom. The van der Waals surface area contributed by atoms with Gasteiger partial charge in [0.15, 0.2) is 0 Å². The molecule has 1 amide bonds. The van der Waals surface area contributed by atoms with E-state index in [9.17, 15) is 4.79 Å². The zero-order valence-electron chi connectivity index (χ0n) is 9.52. The summed E-state index contributed by atoms with van der Waals surface area (Å²) in [5.74, 6) is -0.310. The van der Waals surface area contributed by atoms with Crippen molar-refractivity contribution in [3.8, 4) is 0 Å². The van der Waals surface area contributed by atoms with Gasteiger partial charge < -0.3 is 5.32 Å². The van der Waals surface area contributed by atoms with E-state index in [2.05, 4.69) is 15.4 Å². The second kappa shape index (κ2) is 5.37. The summed E-state index contributed by atoms with van der Waals surface area (Å²) < 4.78 is 1.66. The molecule has 2 heterocycles. The minimum absolute atomic E-state index is 0.224. The molecule has 0 aromatic carbocycles. The third-order valence-corrected chi connectivity index (χ3v) is 2.77. The van der Waals surface area contributed by atoms with Crippen LogP contribution in [0.3, 0.4) is 0 Å². The summed E-state index contributed by atoms with van der Waals surface area (Å²) in [6.45, 7) is 0.329. The molecule has 0 fully saturated rings. The molecule has 0 atom stereocenters. The summed E-state index contributed by atoms with van der Waals surface area (Å²) in [6.07, 6.45) is 3.15. The van der Waals surface area contributed by atoms with Gasteiger partial charge >= 0.3 is 0 Å². The van der Waals surface area contributed by atoms with E-state index in [1.807, 2.05) is 13.1 Å². The normalized spacial score (nSPS) is 10.4. The number of hydrogen-bond donors (Lipinski definition) is 1. The third kappa shape index (κ3) is 3.00. The molecule has 0 radical (unpaired) electrons. The van der Waals surface area contributed by atoms with Crippen LogP contribution in [-0.2, 0) is 13.6 Å². The molecule has 0 aliphatic heterocycles. The summed E-state index contributed by atoms with van der Waals surface area (Å²) >= 11 is 11.6. The Bertz CT molecular complexity index is 582. The van der Waals surface area contributed by atoms with Gasteiger partial charge in [0.25, 0.3) is 5.91 Å². The SMILES string of the molecule is Cn1ccc(CNC(=O)c2cc(Cl)ncc2Cl)n1. The topological polar surface area (TPSA) is 59.8 Å². The predicted molar refractivity (Wildman–Crippen MR) is 68.6 cm³/mol. The highest BCUT2D eigenvalue weighted by molar-refractivity contribution is 6.35. The molecule has 2 rings (SSSR count). The molecule has 0 bridgehead atoms. The monoisotopic (exact) mass is 284 g/mol. The Balaban J connectivity index is 2.05. The van der Waals surface area contributed by atoms with E-state index in [0.717, 1.165) is 5.69 Å². The van der Waals surface area contributed by atoms with Gasteiger partial charge in [0.1, 0.15) is 5.15 Å². The van der Waals surface area contributed by atoms with Gasteiger partial charge in [-0.2, -0.15) is 5.10 Å². The first kappa shape index (κ1) is 12.9. The average Bonchev–Trinajstić information content (AvgIpc) is 2.75. The fraction of sp³-hybridized carbons (Fsp3) is 0.182. The highest BCUT2D eigenvalue weighted by Crippen LogP contribution is 2.17. The highest BCUT2D eigenvalue weighted by Gasteiger charge is 2.11. The van der Waals surface area contributed by atoms with E-state index in [4.69, 9.17) is 23.2 Å². The Labute approximate surface area is 114 Å². The minimum atomic E-state index is -0.310. The van der Waals surface area contributed by atoms with Crippen LogP contribution in [0.2, 0.25) is 10.2 Å². The lowest BCUT2D eigenvalue weighted by Crippen LogP contribution is -2.23. The van der Waals surface area contributed by atoms with Crippen molar-refractivity contribution in [2.75, 3.05) is 0 Å². The maximum atomic E-state index is 11.9. The molecule has 2 aromatic rings. The Morgan fingerprint density at radius 1 is 1.50 bits per heavy atom. The molecule has 1 N–H and O–H groups in total. The largest absolute Gasteiger partial charge is 0.346 e. The lowest BCUT2D eigenvalue weighted by Gasteiger charge is -2.05. The molecule has 0 unspecified atom stereocenters. The maximum absolute atomic E-state index is 11.9. The number of rotatable bonds is 3. The van der Waals surface area contributed by atoms with Gasteiger partial charge in [-0.25, -0.2) is 4.98 Å². The third-order valence-electron chi connectivity index (χ3n) is 2.27. The van der Waals surface area contributed by atoms with Crippen LogP contribution in [0.15, 0.2) is 24.5 Å². The number of carbonyl (C=O) groups is 1. The molecule has 0 spiro atoms. The Hall–Kier alpha value is -1.59. The predicted octanol–water partition coefficient (Wildman–Crippen LogP) is 2.05. The van der Waals surface area contributed by atoms with E-state index >= 15 is 0 Å². The minimum Gasteiger partial charge on any atom is -0.346 e. The summed E-state index contributed by atoms with van der Waals surface area (Å²) in [5.41, 5.74) is 1.06. The fourth-order valence-corrected chi connectivity index (χ4v) is 1.76. The zero-order valence-corrected chi connectivity index (χ0v) is 11.0. The van der Waals surface area contributed by atoms with Crippen molar-refractivity contribution in [3.63, 3.8) is 0 Å². The molecule has 18 heavy (non-hydrogen) atoms. The van der Waals surface area contributed by atoms with Crippen LogP contribution in [0.25, 0.3) is 0 Å². The number of nitrogens with one attached hydrogen (secondary N) is 1. The number of amides is 1. The van der Waals surface area contributed by atoms with E-state index in [0.29, 0.717) is 12.1 Å². The van der Waals surface area contributed by atoms with Crippen LogP contribution in [0, 0.1) is 0 Å². The molecule has 0 aliphatic carbocycles. The van der Waals surface area contributed by atoms with E-state index in [1.165, 1.54) is 12.3 Å². The molecular weight excluding hydrogens is 275 g/mol. The number of carbonyl (C=O) groups excluding carboxylic acids is 1. The Kier molecular flexibility index (Phi) is 3.84. The highest BCUT2D eigenvalue weighted by atomic mass is 35.5. The number of halogens is 2. The average molecular weight is 285 g/mol. The molecule has 94 valence electrons. The summed E-state index contributed by atoms with van der Waals surface area (Å²) in [7, 11) is 1.81. The molecule has 0 saturated heterocycles. The first-order valence-electron chi connectivity index (χ1n) is 5.14. The van der Waals surface area contributed by atoms with Crippen LogP contribution in [0.1, 0.15) is 16.1 Å². The van der Waals surface area contributed by atoms with E-state index < -0.39 is 0 Å². The van der Waals surface area contributed by atoms with Crippen LogP contribution < -0.4 is 5.32 Å². The van der Waals surface area contributed by atoms with Gasteiger partial charge in [0.2, 0.25) is 0 Å². The fourth-order valence-electron chi connectivity index (χ4n) is 1.41. The number of aryl methyl sites for hydroxylation is 1. The van der Waals surface area contributed by atoms with Gasteiger partial charge in [0.05, 0.1) is 22.8 Å². The second-order valence-electron chi connectivity index (χ2n) is 3.65. The summed E-state index contributed by atoms with van der Waals surface area (Å²) in [5, 5.41) is 7.34. The van der Waals surface area contributed by atoms with Crippen LogP contribution in [-0.4, -0.2) is 20.7 Å². The first-order valence-corrected chi connectivity index (χ1v) is 5.89. The van der Waals surface area contributed by atoms with Gasteiger partial charge in [-0.1, -0.05) is 23.2 Å². The van der Waals surface area contributed by atoms with Crippen molar-refractivity contribution in [1.82, 2.24) is 20.1 Å². The molecule has 0 aliphatic rings. The second-order valence-corrected chi connectivity index (χ2v) is 4.44. The van der Waals surface area contributed by atoms with Crippen molar-refractivity contribution >= 4 is 29.1 Å². The number of nitrogens with zero attached hydrogens (tertiary/aromatic N) is 3. The quantitative estimate of drug-likeness (QED) is 0.878. The van der Waals surface area contributed by atoms with Crippen molar-refractivity contribution in [3.05, 3.63) is 46.0 Å². The molecule has 2 aromatic heterocycles. The van der Waals surface area contributed by atoms with Gasteiger partial charge in [-0.05, 0) is 12.1 Å². The standard InChI is InChI=1S/C11H10Cl2N4O/c1-17-3-2-7(16-17)5-15-11(18)8-4-10(13)14-6-9(8)12/h2-4,6H,5H2,1H3,(H,15,18). The van der Waals surface area contributed by atoms with Gasteiger partial charge in [-0.15, -0.1) is 0 Å². The molecule has 0 saturated carbocycles. The van der Waals surface area contributed by atoms with Crippen LogP contribution in [0.4, 0.5) is 0 Å². The first-order chi connectivity index (χ1) is 8.56. The van der Waals surface area contributed by atoms with E-state index in [1.54, 1.807) is 10.9 Å². The van der Waals surface area contributed by atoms with E-state index in [-0.39, 0.29) is 16.1 Å². The molecule has 5 nitrogen and oxygen atoms in total. The Morgan fingerprint density at radius 3 is 2.94 bits per heavy atom. The number of pyridine rings is 1. The van der Waals surface area contributed by atoms with Crippen molar-refractivity contribution in [2.24, 2.45) is 7.05 Å². The molecule has 7 heteroatoms. The van der Waals surface area contributed by atoms with Crippen LogP contribution >= 0.6 is 23.2 Å².